The first-order valence-electron chi connectivity index (χ1n) is 8.73. The molecule has 3 N–H and O–H groups in total. The first-order valence-corrected chi connectivity index (χ1v) is 9.76. The van der Waals surface area contributed by atoms with Crippen molar-refractivity contribution >= 4 is 22.9 Å². The highest BCUT2D eigenvalue weighted by molar-refractivity contribution is 7.76. The van der Waals surface area contributed by atoms with Gasteiger partial charge in [-0.3, -0.25) is 14.2 Å². The number of hydroxylamine groups is 1. The van der Waals surface area contributed by atoms with Gasteiger partial charge >= 0.3 is 0 Å². The third kappa shape index (κ3) is 6.31. The largest absolute Gasteiger partial charge is 0.760 e. The fraction of sp³-hybridized carbons (Fsp3) is 0.316. The minimum Gasteiger partial charge on any atom is -0.760 e. The molecule has 0 radical (unpaired) electrons. The number of amides is 1. The summed E-state index contributed by atoms with van der Waals surface area (Å²) in [6.07, 6.45) is 0. The molecule has 0 spiro atoms. The molecule has 0 heterocycles. The highest BCUT2D eigenvalue weighted by Crippen LogP contribution is 2.23. The van der Waals surface area contributed by atoms with E-state index in [0.29, 0.717) is 12.4 Å². The zero-order valence-electron chi connectivity index (χ0n) is 15.8. The lowest BCUT2D eigenvalue weighted by molar-refractivity contribution is -0.132. The summed E-state index contributed by atoms with van der Waals surface area (Å²) in [4.78, 5) is 11.5. The van der Waals surface area contributed by atoms with E-state index in [1.54, 1.807) is 0 Å². The molecule has 0 bridgehead atoms. The van der Waals surface area contributed by atoms with Gasteiger partial charge in [-0.15, -0.1) is 0 Å². The smallest absolute Gasteiger partial charge is 0.261 e. The highest BCUT2D eigenvalue weighted by Gasteiger charge is 2.21. The van der Waals surface area contributed by atoms with Gasteiger partial charge in [0.05, 0.1) is 6.04 Å². The lowest BCUT2D eigenvalue weighted by Crippen LogP contribution is -2.46. The van der Waals surface area contributed by atoms with E-state index in [9.17, 15) is 13.6 Å². The number of carbonyl (C=O) groups is 1. The minimum absolute atomic E-state index is 0.0548. The number of benzene rings is 2. The quantitative estimate of drug-likeness (QED) is 0.316. The molecular weight excluding hydrogens is 382 g/mol. The van der Waals surface area contributed by atoms with Crippen molar-refractivity contribution in [2.75, 3.05) is 18.4 Å². The van der Waals surface area contributed by atoms with Crippen molar-refractivity contribution < 1.29 is 23.5 Å². The maximum atomic E-state index is 11.5. The highest BCUT2D eigenvalue weighted by atomic mass is 32.2. The fourth-order valence-corrected chi connectivity index (χ4v) is 3.14. The van der Waals surface area contributed by atoms with Gasteiger partial charge in [0.25, 0.3) is 5.91 Å². The number of rotatable bonds is 10. The topological polar surface area (TPSA) is 114 Å². The molecule has 0 saturated carbocycles. The van der Waals surface area contributed by atoms with Crippen LogP contribution in [-0.4, -0.2) is 43.3 Å². The number of hydrogen-bond acceptors (Lipinski definition) is 6. The number of anilines is 1. The molecule has 2 aromatic rings. The standard InChI is InChI=1S/C19H25N3O5S/c1-14-8-9-17(27-13-16-6-4-3-5-7-16)12-18(14)20-10-11-22(28(25)26)15(2)19(23)21-24/h3-9,12,15,20,24H,10-11,13H2,1-2H3,(H,21,23)(H,25,26)/p-1/t15-/m1/s1. The maximum Gasteiger partial charge on any atom is 0.261 e. The molecule has 0 aromatic heterocycles. The Hall–Kier alpha value is -2.46. The zero-order valence-corrected chi connectivity index (χ0v) is 16.6. The molecule has 1 unspecified atom stereocenters. The summed E-state index contributed by atoms with van der Waals surface area (Å²) >= 11 is -2.60. The Balaban J connectivity index is 1.95. The number of aryl methyl sites for hydroxylation is 1. The van der Waals surface area contributed by atoms with Crippen LogP contribution in [0.1, 0.15) is 18.1 Å². The molecular formula is C19H24N3O5S-. The zero-order chi connectivity index (χ0) is 20.5. The second-order valence-corrected chi connectivity index (χ2v) is 7.09. The Morgan fingerprint density at radius 2 is 2.00 bits per heavy atom. The molecule has 0 saturated heterocycles. The van der Waals surface area contributed by atoms with Crippen LogP contribution < -0.4 is 15.5 Å². The van der Waals surface area contributed by atoms with Crippen molar-refractivity contribution in [3.8, 4) is 5.75 Å². The monoisotopic (exact) mass is 406 g/mol. The normalized spacial score (nSPS) is 13.0. The van der Waals surface area contributed by atoms with Crippen molar-refractivity contribution in [3.05, 3.63) is 59.7 Å². The van der Waals surface area contributed by atoms with E-state index in [4.69, 9.17) is 9.94 Å². The molecule has 1 amide bonds. The Morgan fingerprint density at radius 3 is 2.64 bits per heavy atom. The van der Waals surface area contributed by atoms with Crippen molar-refractivity contribution in [1.82, 2.24) is 9.79 Å². The Morgan fingerprint density at radius 1 is 1.29 bits per heavy atom. The van der Waals surface area contributed by atoms with E-state index >= 15 is 0 Å². The van der Waals surface area contributed by atoms with Gasteiger partial charge in [0.1, 0.15) is 12.4 Å². The van der Waals surface area contributed by atoms with Crippen LogP contribution in [0.15, 0.2) is 48.5 Å². The Bertz CT molecular complexity index is 803. The minimum atomic E-state index is -2.60. The van der Waals surface area contributed by atoms with Crippen LogP contribution in [-0.2, 0) is 22.7 Å². The third-order valence-electron chi connectivity index (χ3n) is 4.22. The fourth-order valence-electron chi connectivity index (χ4n) is 2.54. The van der Waals surface area contributed by atoms with Crippen LogP contribution >= 0.6 is 0 Å². The van der Waals surface area contributed by atoms with Crippen LogP contribution in [0, 0.1) is 6.92 Å². The van der Waals surface area contributed by atoms with Crippen LogP contribution in [0.5, 0.6) is 5.75 Å². The van der Waals surface area contributed by atoms with Gasteiger partial charge in [-0.25, -0.2) is 9.79 Å². The van der Waals surface area contributed by atoms with Crippen LogP contribution in [0.3, 0.4) is 0 Å². The summed E-state index contributed by atoms with van der Waals surface area (Å²) in [6.45, 7) is 4.10. The summed E-state index contributed by atoms with van der Waals surface area (Å²) in [5.41, 5.74) is 4.30. The first kappa shape index (κ1) is 21.8. The predicted molar refractivity (Wildman–Crippen MR) is 105 cm³/mol. The molecule has 2 atom stereocenters. The second kappa shape index (κ2) is 10.8. The van der Waals surface area contributed by atoms with Crippen LogP contribution in [0.2, 0.25) is 0 Å². The molecule has 0 fully saturated rings. The summed E-state index contributed by atoms with van der Waals surface area (Å²) in [5, 5.41) is 11.8. The van der Waals surface area contributed by atoms with Gasteiger partial charge in [-0.05, 0) is 31.0 Å². The van der Waals surface area contributed by atoms with E-state index in [0.717, 1.165) is 21.1 Å². The molecule has 28 heavy (non-hydrogen) atoms. The van der Waals surface area contributed by atoms with Gasteiger partial charge in [0.15, 0.2) is 0 Å². The van der Waals surface area contributed by atoms with E-state index < -0.39 is 23.2 Å². The Kier molecular flexibility index (Phi) is 8.40. The summed E-state index contributed by atoms with van der Waals surface area (Å²) in [6, 6.07) is 14.4. The predicted octanol–water partition coefficient (Wildman–Crippen LogP) is 1.98. The van der Waals surface area contributed by atoms with E-state index in [2.05, 4.69) is 5.32 Å². The number of ether oxygens (including phenoxy) is 1. The number of hydrogen-bond donors (Lipinski definition) is 3. The molecule has 0 aliphatic carbocycles. The SMILES string of the molecule is Cc1ccc(OCc2ccccc2)cc1NCCN([C@H](C)C(=O)NO)S(=O)[O-]. The third-order valence-corrected chi connectivity index (χ3v) is 5.10. The second-order valence-electron chi connectivity index (χ2n) is 6.19. The summed E-state index contributed by atoms with van der Waals surface area (Å²) in [5.74, 6) is -0.106. The number of nitrogens with zero attached hydrogens (tertiary/aromatic N) is 1. The van der Waals surface area contributed by atoms with Crippen molar-refractivity contribution in [2.24, 2.45) is 0 Å². The number of nitrogens with one attached hydrogen (secondary N) is 2. The average Bonchev–Trinajstić information content (AvgIpc) is 2.70. The van der Waals surface area contributed by atoms with Gasteiger partial charge in [-0.1, -0.05) is 36.4 Å². The van der Waals surface area contributed by atoms with Crippen LogP contribution in [0.4, 0.5) is 5.69 Å². The van der Waals surface area contributed by atoms with Gasteiger partial charge < -0.3 is 14.6 Å². The molecule has 2 aromatic carbocycles. The van der Waals surface area contributed by atoms with Gasteiger partial charge in [0, 0.05) is 36.1 Å². The lowest BCUT2D eigenvalue weighted by Gasteiger charge is -2.29. The van der Waals surface area contributed by atoms with E-state index in [1.165, 1.54) is 12.4 Å². The van der Waals surface area contributed by atoms with E-state index in [-0.39, 0.29) is 13.1 Å². The van der Waals surface area contributed by atoms with Crippen molar-refractivity contribution in [3.63, 3.8) is 0 Å². The summed E-state index contributed by atoms with van der Waals surface area (Å²) < 4.78 is 29.5. The maximum absolute atomic E-state index is 11.5. The first-order chi connectivity index (χ1) is 13.4. The van der Waals surface area contributed by atoms with Crippen molar-refractivity contribution in [2.45, 2.75) is 26.5 Å². The molecule has 9 heteroatoms. The van der Waals surface area contributed by atoms with Crippen LogP contribution in [0.25, 0.3) is 0 Å². The molecule has 152 valence electrons. The molecule has 8 nitrogen and oxygen atoms in total. The van der Waals surface area contributed by atoms with E-state index in [1.807, 2.05) is 55.5 Å². The van der Waals surface area contributed by atoms with Crippen molar-refractivity contribution in [1.29, 1.82) is 0 Å². The van der Waals surface area contributed by atoms with Gasteiger partial charge in [-0.2, -0.15) is 0 Å². The number of carbonyl (C=O) groups excluding carboxylic acids is 1. The average molecular weight is 406 g/mol. The Labute approximate surface area is 166 Å². The molecule has 0 aliphatic heterocycles. The molecule has 2 rings (SSSR count). The summed E-state index contributed by atoms with van der Waals surface area (Å²) in [7, 11) is 0. The van der Waals surface area contributed by atoms with Gasteiger partial charge in [0.2, 0.25) is 0 Å². The lowest BCUT2D eigenvalue weighted by atomic mass is 10.2. The molecule has 0 aliphatic rings.